The smallest absolute Gasteiger partial charge is 0.254 e. The quantitative estimate of drug-likeness (QED) is 0.918. The van der Waals surface area contributed by atoms with E-state index in [4.69, 9.17) is 4.74 Å². The molecule has 1 atom stereocenters. The highest BCUT2D eigenvalue weighted by Crippen LogP contribution is 2.17. The number of benzene rings is 1. The van der Waals surface area contributed by atoms with E-state index in [9.17, 15) is 4.79 Å². The van der Waals surface area contributed by atoms with Crippen molar-refractivity contribution in [2.24, 2.45) is 0 Å². The van der Waals surface area contributed by atoms with Crippen LogP contribution in [0.5, 0.6) is 0 Å². The van der Waals surface area contributed by atoms with E-state index in [1.807, 2.05) is 36.2 Å². The summed E-state index contributed by atoms with van der Waals surface area (Å²) >= 11 is 3.41. The fourth-order valence-electron chi connectivity index (χ4n) is 2.26. The molecule has 1 aliphatic heterocycles. The van der Waals surface area contributed by atoms with Crippen LogP contribution in [0.15, 0.2) is 28.7 Å². The maximum Gasteiger partial charge on any atom is 0.254 e. The van der Waals surface area contributed by atoms with Crippen molar-refractivity contribution >= 4 is 21.8 Å². The Hall–Kier alpha value is -0.910. The lowest BCUT2D eigenvalue weighted by Gasteiger charge is -2.35. The molecule has 1 aromatic carbocycles. The third kappa shape index (κ3) is 3.78. The van der Waals surface area contributed by atoms with Crippen molar-refractivity contribution in [3.05, 3.63) is 34.3 Å². The van der Waals surface area contributed by atoms with E-state index in [-0.39, 0.29) is 11.9 Å². The second-order valence-electron chi connectivity index (χ2n) is 4.63. The zero-order chi connectivity index (χ0) is 13.7. The van der Waals surface area contributed by atoms with Crippen LogP contribution in [0.4, 0.5) is 0 Å². The second-order valence-corrected chi connectivity index (χ2v) is 5.55. The Labute approximate surface area is 122 Å². The van der Waals surface area contributed by atoms with Crippen LogP contribution in [0, 0.1) is 0 Å². The predicted octanol–water partition coefficient (Wildman–Crippen LogP) is 1.90. The van der Waals surface area contributed by atoms with Gasteiger partial charge in [0.25, 0.3) is 5.91 Å². The average molecular weight is 327 g/mol. The van der Waals surface area contributed by atoms with Crippen LogP contribution < -0.4 is 5.32 Å². The molecule has 1 aliphatic rings. The number of morpholine rings is 1. The molecule has 104 valence electrons. The molecular weight excluding hydrogens is 308 g/mol. The first-order valence-electron chi connectivity index (χ1n) is 6.51. The number of nitrogens with zero attached hydrogens (tertiary/aromatic N) is 1. The second kappa shape index (κ2) is 7.03. The van der Waals surface area contributed by atoms with Crippen LogP contribution in [0.1, 0.15) is 16.8 Å². The molecule has 1 amide bonds. The van der Waals surface area contributed by atoms with Gasteiger partial charge in [-0.3, -0.25) is 4.79 Å². The lowest BCUT2D eigenvalue weighted by Crippen LogP contribution is -2.49. The molecule has 4 nitrogen and oxygen atoms in total. The lowest BCUT2D eigenvalue weighted by molar-refractivity contribution is -0.00389. The van der Waals surface area contributed by atoms with E-state index in [0.29, 0.717) is 19.8 Å². The molecule has 0 spiro atoms. The molecule has 0 saturated carbocycles. The topological polar surface area (TPSA) is 41.6 Å². The molecule has 0 aliphatic carbocycles. The summed E-state index contributed by atoms with van der Waals surface area (Å²) in [5, 5.41) is 3.12. The molecule has 0 bridgehead atoms. The Balaban J connectivity index is 2.10. The number of carbonyl (C=O) groups excluding carboxylic acids is 1. The number of hydrogen-bond acceptors (Lipinski definition) is 3. The maximum atomic E-state index is 12.6. The van der Waals surface area contributed by atoms with Gasteiger partial charge in [-0.2, -0.15) is 0 Å². The van der Waals surface area contributed by atoms with Gasteiger partial charge in [0.15, 0.2) is 0 Å². The fourth-order valence-corrected chi connectivity index (χ4v) is 2.66. The van der Waals surface area contributed by atoms with Gasteiger partial charge >= 0.3 is 0 Å². The van der Waals surface area contributed by atoms with Crippen LogP contribution in [0.25, 0.3) is 0 Å². The number of nitrogens with one attached hydrogen (secondary N) is 1. The van der Waals surface area contributed by atoms with E-state index < -0.39 is 0 Å². The van der Waals surface area contributed by atoms with Crippen molar-refractivity contribution in [2.45, 2.75) is 12.5 Å². The van der Waals surface area contributed by atoms with Crippen molar-refractivity contribution in [3.8, 4) is 0 Å². The molecule has 2 rings (SSSR count). The molecule has 1 unspecified atom stereocenters. The van der Waals surface area contributed by atoms with Crippen LogP contribution in [0.3, 0.4) is 0 Å². The monoisotopic (exact) mass is 326 g/mol. The predicted molar refractivity (Wildman–Crippen MR) is 78.3 cm³/mol. The summed E-state index contributed by atoms with van der Waals surface area (Å²) in [7, 11) is 1.92. The van der Waals surface area contributed by atoms with Gasteiger partial charge in [0, 0.05) is 16.6 Å². The number of carbonyl (C=O) groups is 1. The number of hydrogen-bond donors (Lipinski definition) is 1. The van der Waals surface area contributed by atoms with Gasteiger partial charge < -0.3 is 15.0 Å². The van der Waals surface area contributed by atoms with Gasteiger partial charge in [-0.25, -0.2) is 0 Å². The number of amides is 1. The van der Waals surface area contributed by atoms with Gasteiger partial charge in [-0.1, -0.05) is 22.0 Å². The average Bonchev–Trinajstić information content (AvgIpc) is 2.44. The van der Waals surface area contributed by atoms with Gasteiger partial charge in [0.05, 0.1) is 19.3 Å². The summed E-state index contributed by atoms with van der Waals surface area (Å²) in [5.41, 5.74) is 0.728. The van der Waals surface area contributed by atoms with Crippen molar-refractivity contribution < 1.29 is 9.53 Å². The highest BCUT2D eigenvalue weighted by atomic mass is 79.9. The first kappa shape index (κ1) is 14.5. The van der Waals surface area contributed by atoms with E-state index >= 15 is 0 Å². The summed E-state index contributed by atoms with van der Waals surface area (Å²) in [5.74, 6) is 0.0886. The van der Waals surface area contributed by atoms with Crippen molar-refractivity contribution in [2.75, 3.05) is 33.4 Å². The zero-order valence-electron chi connectivity index (χ0n) is 11.1. The lowest BCUT2D eigenvalue weighted by atomic mass is 10.1. The van der Waals surface area contributed by atoms with E-state index in [1.54, 1.807) is 0 Å². The first-order chi connectivity index (χ1) is 9.22. The van der Waals surface area contributed by atoms with Crippen LogP contribution >= 0.6 is 15.9 Å². The van der Waals surface area contributed by atoms with E-state index in [2.05, 4.69) is 21.2 Å². The largest absolute Gasteiger partial charge is 0.377 e. The Morgan fingerprint density at radius 1 is 1.58 bits per heavy atom. The minimum Gasteiger partial charge on any atom is -0.377 e. The fraction of sp³-hybridized carbons (Fsp3) is 0.500. The molecule has 1 heterocycles. The Kier molecular flexibility index (Phi) is 5.36. The van der Waals surface area contributed by atoms with Gasteiger partial charge in [0.2, 0.25) is 0 Å². The van der Waals surface area contributed by atoms with Gasteiger partial charge in [0.1, 0.15) is 0 Å². The standard InChI is InChI=1S/C14H19BrN2O2/c1-16-6-5-13-10-19-8-7-17(13)14(18)11-3-2-4-12(15)9-11/h2-4,9,13,16H,5-8,10H2,1H3. The highest BCUT2D eigenvalue weighted by Gasteiger charge is 2.27. The summed E-state index contributed by atoms with van der Waals surface area (Å²) < 4.78 is 6.42. The van der Waals surface area contributed by atoms with E-state index in [1.165, 1.54) is 0 Å². The Bertz CT molecular complexity index is 439. The summed E-state index contributed by atoms with van der Waals surface area (Å²) in [6.07, 6.45) is 0.913. The molecule has 5 heteroatoms. The molecule has 0 radical (unpaired) electrons. The van der Waals surface area contributed by atoms with Crippen LogP contribution in [-0.4, -0.2) is 50.2 Å². The number of rotatable bonds is 4. The number of halogens is 1. The zero-order valence-corrected chi connectivity index (χ0v) is 12.6. The van der Waals surface area contributed by atoms with Crippen molar-refractivity contribution in [1.82, 2.24) is 10.2 Å². The van der Waals surface area contributed by atoms with Crippen molar-refractivity contribution in [3.63, 3.8) is 0 Å². The maximum absolute atomic E-state index is 12.6. The van der Waals surface area contributed by atoms with Gasteiger partial charge in [-0.05, 0) is 38.2 Å². The normalized spacial score (nSPS) is 19.5. The molecular formula is C14H19BrN2O2. The molecule has 19 heavy (non-hydrogen) atoms. The first-order valence-corrected chi connectivity index (χ1v) is 7.30. The summed E-state index contributed by atoms with van der Waals surface area (Å²) in [6.45, 7) is 2.80. The minimum absolute atomic E-state index is 0.0886. The molecule has 1 aromatic rings. The SMILES string of the molecule is CNCCC1COCCN1C(=O)c1cccc(Br)c1. The van der Waals surface area contributed by atoms with Gasteiger partial charge in [-0.15, -0.1) is 0 Å². The third-order valence-electron chi connectivity index (χ3n) is 3.29. The van der Waals surface area contributed by atoms with Crippen molar-refractivity contribution in [1.29, 1.82) is 0 Å². The van der Waals surface area contributed by atoms with E-state index in [0.717, 1.165) is 23.0 Å². The highest BCUT2D eigenvalue weighted by molar-refractivity contribution is 9.10. The third-order valence-corrected chi connectivity index (χ3v) is 3.78. The Morgan fingerprint density at radius 3 is 3.16 bits per heavy atom. The van der Waals surface area contributed by atoms with Crippen LogP contribution in [-0.2, 0) is 4.74 Å². The molecule has 1 saturated heterocycles. The molecule has 1 fully saturated rings. The minimum atomic E-state index is 0.0886. The molecule has 0 aromatic heterocycles. The summed E-state index contributed by atoms with van der Waals surface area (Å²) in [6, 6.07) is 7.70. The number of ether oxygens (including phenoxy) is 1. The van der Waals surface area contributed by atoms with Crippen LogP contribution in [0.2, 0.25) is 0 Å². The summed E-state index contributed by atoms with van der Waals surface area (Å²) in [4.78, 5) is 14.5. The molecule has 1 N–H and O–H groups in total. The Morgan fingerprint density at radius 2 is 2.42 bits per heavy atom.